The summed E-state index contributed by atoms with van der Waals surface area (Å²) in [6.07, 6.45) is 1.64. The highest BCUT2D eigenvalue weighted by Gasteiger charge is 2.05. The molecular formula is C13H14N2O3. The molecule has 1 aromatic heterocycles. The number of rotatable bonds is 4. The molecule has 0 saturated heterocycles. The van der Waals surface area contributed by atoms with Gasteiger partial charge in [-0.05, 0) is 24.3 Å². The fraction of sp³-hybridized carbons (Fsp3) is 0.154. The molecule has 0 aliphatic rings. The van der Waals surface area contributed by atoms with Gasteiger partial charge in [0.05, 0.1) is 12.8 Å². The van der Waals surface area contributed by atoms with Crippen molar-refractivity contribution < 1.29 is 14.9 Å². The van der Waals surface area contributed by atoms with E-state index in [4.69, 9.17) is 4.74 Å². The average molecular weight is 246 g/mol. The van der Waals surface area contributed by atoms with Crippen molar-refractivity contribution in [2.45, 2.75) is 6.54 Å². The molecule has 5 nitrogen and oxygen atoms in total. The number of nitrogens with zero attached hydrogens (tertiary/aromatic N) is 1. The number of aromatic hydroxyl groups is 2. The molecule has 0 saturated carbocycles. The predicted molar refractivity (Wildman–Crippen MR) is 67.9 cm³/mol. The molecule has 94 valence electrons. The molecule has 0 aliphatic carbocycles. The number of benzene rings is 1. The lowest BCUT2D eigenvalue weighted by atomic mass is 10.2. The minimum atomic E-state index is 0.0372. The molecule has 0 unspecified atom stereocenters. The van der Waals surface area contributed by atoms with E-state index < -0.39 is 0 Å². The Hall–Kier alpha value is -2.43. The van der Waals surface area contributed by atoms with Gasteiger partial charge >= 0.3 is 0 Å². The summed E-state index contributed by atoms with van der Waals surface area (Å²) in [5.74, 6) is 0.580. The third kappa shape index (κ3) is 2.63. The average Bonchev–Trinajstić information content (AvgIpc) is 2.38. The van der Waals surface area contributed by atoms with Crippen LogP contribution in [0.15, 0.2) is 36.5 Å². The Kier molecular flexibility index (Phi) is 3.52. The number of phenols is 2. The molecule has 3 N–H and O–H groups in total. The van der Waals surface area contributed by atoms with Crippen molar-refractivity contribution >= 4 is 5.69 Å². The fourth-order valence-electron chi connectivity index (χ4n) is 1.58. The van der Waals surface area contributed by atoms with Gasteiger partial charge in [0, 0.05) is 24.4 Å². The SMILES string of the molecule is COc1ncccc1NCc1ccc(O)cc1O. The molecule has 0 spiro atoms. The molecule has 1 aromatic carbocycles. The first kappa shape index (κ1) is 12.0. The Labute approximate surface area is 105 Å². The zero-order valence-electron chi connectivity index (χ0n) is 9.92. The number of anilines is 1. The number of pyridine rings is 1. The van der Waals surface area contributed by atoms with Gasteiger partial charge in [-0.25, -0.2) is 4.98 Å². The Morgan fingerprint density at radius 3 is 2.83 bits per heavy atom. The van der Waals surface area contributed by atoms with Crippen LogP contribution in [0.5, 0.6) is 17.4 Å². The number of nitrogens with one attached hydrogen (secondary N) is 1. The van der Waals surface area contributed by atoms with Crippen LogP contribution in [0.1, 0.15) is 5.56 Å². The van der Waals surface area contributed by atoms with Crippen LogP contribution in [-0.4, -0.2) is 22.3 Å². The predicted octanol–water partition coefficient (Wildman–Crippen LogP) is 2.11. The minimum absolute atomic E-state index is 0.0372. The van der Waals surface area contributed by atoms with E-state index in [1.807, 2.05) is 6.07 Å². The molecule has 0 amide bonds. The summed E-state index contributed by atoms with van der Waals surface area (Å²) in [7, 11) is 1.55. The second-order valence-corrected chi connectivity index (χ2v) is 3.73. The van der Waals surface area contributed by atoms with Crippen LogP contribution in [-0.2, 0) is 6.54 Å². The van der Waals surface area contributed by atoms with Gasteiger partial charge in [-0.1, -0.05) is 0 Å². The molecule has 18 heavy (non-hydrogen) atoms. The zero-order valence-corrected chi connectivity index (χ0v) is 9.92. The van der Waals surface area contributed by atoms with E-state index in [2.05, 4.69) is 10.3 Å². The summed E-state index contributed by atoms with van der Waals surface area (Å²) >= 11 is 0. The maximum atomic E-state index is 9.65. The van der Waals surface area contributed by atoms with Crippen molar-refractivity contribution in [2.75, 3.05) is 12.4 Å². The standard InChI is InChI=1S/C13H14N2O3/c1-18-13-11(3-2-6-14-13)15-8-9-4-5-10(16)7-12(9)17/h2-7,15-17H,8H2,1H3. The first-order chi connectivity index (χ1) is 8.70. The van der Waals surface area contributed by atoms with Crippen LogP contribution in [0.3, 0.4) is 0 Å². The number of aromatic nitrogens is 1. The highest BCUT2D eigenvalue weighted by atomic mass is 16.5. The molecular weight excluding hydrogens is 232 g/mol. The van der Waals surface area contributed by atoms with Gasteiger partial charge in [0.15, 0.2) is 0 Å². The fourth-order valence-corrected chi connectivity index (χ4v) is 1.58. The van der Waals surface area contributed by atoms with Crippen molar-refractivity contribution in [2.24, 2.45) is 0 Å². The van der Waals surface area contributed by atoms with Crippen LogP contribution < -0.4 is 10.1 Å². The lowest BCUT2D eigenvalue weighted by Gasteiger charge is -2.10. The molecule has 0 fully saturated rings. The Balaban J connectivity index is 2.11. The van der Waals surface area contributed by atoms with Crippen molar-refractivity contribution in [1.82, 2.24) is 4.98 Å². The van der Waals surface area contributed by atoms with Crippen LogP contribution in [0, 0.1) is 0 Å². The number of hydrogen-bond acceptors (Lipinski definition) is 5. The van der Waals surface area contributed by atoms with Gasteiger partial charge in [-0.2, -0.15) is 0 Å². The van der Waals surface area contributed by atoms with Gasteiger partial charge in [0.1, 0.15) is 11.5 Å². The largest absolute Gasteiger partial charge is 0.508 e. The van der Waals surface area contributed by atoms with Crippen molar-refractivity contribution in [3.05, 3.63) is 42.1 Å². The number of methoxy groups -OCH3 is 1. The molecule has 2 rings (SSSR count). The number of ether oxygens (including phenoxy) is 1. The van der Waals surface area contributed by atoms with Crippen molar-refractivity contribution in [3.63, 3.8) is 0 Å². The third-order valence-corrected chi connectivity index (χ3v) is 2.50. The summed E-state index contributed by atoms with van der Waals surface area (Å²) in [4.78, 5) is 4.06. The van der Waals surface area contributed by atoms with Gasteiger partial charge < -0.3 is 20.3 Å². The van der Waals surface area contributed by atoms with Crippen LogP contribution in [0.2, 0.25) is 0 Å². The van der Waals surface area contributed by atoms with Gasteiger partial charge in [0.2, 0.25) is 5.88 Å². The van der Waals surface area contributed by atoms with Gasteiger partial charge in [-0.3, -0.25) is 0 Å². The molecule has 0 bridgehead atoms. The Morgan fingerprint density at radius 2 is 2.11 bits per heavy atom. The summed E-state index contributed by atoms with van der Waals surface area (Å²) in [5, 5.41) is 22.0. The Morgan fingerprint density at radius 1 is 1.28 bits per heavy atom. The van der Waals surface area contributed by atoms with Crippen LogP contribution in [0.4, 0.5) is 5.69 Å². The summed E-state index contributed by atoms with van der Waals surface area (Å²) in [6, 6.07) is 8.11. The van der Waals surface area contributed by atoms with E-state index in [1.165, 1.54) is 12.1 Å². The first-order valence-corrected chi connectivity index (χ1v) is 5.44. The normalized spacial score (nSPS) is 10.1. The highest BCUT2D eigenvalue weighted by molar-refractivity contribution is 5.53. The lowest BCUT2D eigenvalue weighted by Crippen LogP contribution is -2.02. The third-order valence-electron chi connectivity index (χ3n) is 2.50. The molecule has 1 heterocycles. The monoisotopic (exact) mass is 246 g/mol. The molecule has 0 aliphatic heterocycles. The van der Waals surface area contributed by atoms with Crippen LogP contribution in [0.25, 0.3) is 0 Å². The van der Waals surface area contributed by atoms with Gasteiger partial charge in [-0.15, -0.1) is 0 Å². The summed E-state index contributed by atoms with van der Waals surface area (Å²) < 4.78 is 5.11. The quantitative estimate of drug-likeness (QED) is 0.770. The Bertz CT molecular complexity index is 544. The lowest BCUT2D eigenvalue weighted by molar-refractivity contribution is 0.399. The van der Waals surface area contributed by atoms with E-state index in [0.29, 0.717) is 18.0 Å². The van der Waals surface area contributed by atoms with Crippen molar-refractivity contribution in [3.8, 4) is 17.4 Å². The molecule has 5 heteroatoms. The smallest absolute Gasteiger partial charge is 0.237 e. The summed E-state index contributed by atoms with van der Waals surface area (Å²) in [5.41, 5.74) is 1.42. The molecule has 2 aromatic rings. The minimum Gasteiger partial charge on any atom is -0.508 e. The second kappa shape index (κ2) is 5.27. The molecule has 0 radical (unpaired) electrons. The summed E-state index contributed by atoms with van der Waals surface area (Å²) in [6.45, 7) is 0.411. The van der Waals surface area contributed by atoms with E-state index in [9.17, 15) is 10.2 Å². The van der Waals surface area contributed by atoms with E-state index in [0.717, 1.165) is 5.69 Å². The van der Waals surface area contributed by atoms with Crippen LogP contribution >= 0.6 is 0 Å². The number of phenolic OH excluding ortho intramolecular Hbond substituents is 2. The second-order valence-electron chi connectivity index (χ2n) is 3.73. The maximum absolute atomic E-state index is 9.65. The van der Waals surface area contributed by atoms with Crippen molar-refractivity contribution in [1.29, 1.82) is 0 Å². The van der Waals surface area contributed by atoms with Gasteiger partial charge in [0.25, 0.3) is 0 Å². The van der Waals surface area contributed by atoms with E-state index in [-0.39, 0.29) is 11.5 Å². The van der Waals surface area contributed by atoms with E-state index >= 15 is 0 Å². The molecule has 0 atom stereocenters. The topological polar surface area (TPSA) is 74.6 Å². The highest BCUT2D eigenvalue weighted by Crippen LogP contribution is 2.25. The van der Waals surface area contributed by atoms with E-state index in [1.54, 1.807) is 25.4 Å². The maximum Gasteiger partial charge on any atom is 0.237 e. The number of hydrogen-bond donors (Lipinski definition) is 3. The zero-order chi connectivity index (χ0) is 13.0. The first-order valence-electron chi connectivity index (χ1n) is 5.44.